The first kappa shape index (κ1) is 23.0. The minimum Gasteiger partial charge on any atom is -0.378 e. The number of likely N-dealkylation sites (N-methyl/N-ethyl adjacent to an activating group) is 1. The SMILES string of the molecule is CN1C(=O)CCC(N2C(=O)c3ccc(NC(=O)COCCOCCBr)cc3C2=O)C1=O. The summed E-state index contributed by atoms with van der Waals surface area (Å²) in [6, 6.07) is 3.31. The highest BCUT2D eigenvalue weighted by Gasteiger charge is 2.46. The van der Waals surface area contributed by atoms with E-state index in [4.69, 9.17) is 9.47 Å². The van der Waals surface area contributed by atoms with Gasteiger partial charge in [0.05, 0.1) is 30.9 Å². The van der Waals surface area contributed by atoms with Crippen molar-refractivity contribution < 1.29 is 33.4 Å². The zero-order chi connectivity index (χ0) is 22.5. The Morgan fingerprint density at radius 3 is 2.55 bits per heavy atom. The van der Waals surface area contributed by atoms with Crippen LogP contribution in [-0.4, -0.2) is 84.2 Å². The molecule has 1 unspecified atom stereocenters. The third-order valence-corrected chi connectivity index (χ3v) is 5.29. The number of nitrogens with zero attached hydrogens (tertiary/aromatic N) is 2. The van der Waals surface area contributed by atoms with Crippen LogP contribution in [0.3, 0.4) is 0 Å². The Kier molecular flexibility index (Phi) is 7.52. The van der Waals surface area contributed by atoms with Crippen molar-refractivity contribution in [1.29, 1.82) is 0 Å². The lowest BCUT2D eigenvalue weighted by Gasteiger charge is -2.32. The number of carbonyl (C=O) groups is 5. The Balaban J connectivity index is 1.63. The van der Waals surface area contributed by atoms with Crippen LogP contribution >= 0.6 is 15.9 Å². The zero-order valence-corrected chi connectivity index (χ0v) is 18.5. The molecule has 0 saturated carbocycles. The highest BCUT2D eigenvalue weighted by molar-refractivity contribution is 9.09. The van der Waals surface area contributed by atoms with Gasteiger partial charge in [0, 0.05) is 24.5 Å². The summed E-state index contributed by atoms with van der Waals surface area (Å²) < 4.78 is 10.4. The van der Waals surface area contributed by atoms with E-state index in [9.17, 15) is 24.0 Å². The Bertz CT molecular complexity index is 920. The van der Waals surface area contributed by atoms with Crippen molar-refractivity contribution in [2.75, 3.05) is 44.1 Å². The van der Waals surface area contributed by atoms with Crippen molar-refractivity contribution in [1.82, 2.24) is 9.80 Å². The standard InChI is InChI=1S/C20H22BrN3O7/c1-23-17(26)5-4-15(20(23)29)24-18(27)13-3-2-12(10-14(13)19(24)28)22-16(25)11-31-9-8-30-7-6-21/h2-3,10,15H,4-9,11H2,1H3,(H,22,25). The van der Waals surface area contributed by atoms with Gasteiger partial charge in [-0.25, -0.2) is 0 Å². The van der Waals surface area contributed by atoms with Crippen molar-refractivity contribution in [3.8, 4) is 0 Å². The molecule has 11 heteroatoms. The van der Waals surface area contributed by atoms with Crippen LogP contribution in [0.1, 0.15) is 33.6 Å². The molecule has 1 N–H and O–H groups in total. The number of amides is 5. The molecule has 10 nitrogen and oxygen atoms in total. The molecule has 1 aromatic carbocycles. The fourth-order valence-corrected chi connectivity index (χ4v) is 3.62. The second kappa shape index (κ2) is 10.1. The molecule has 31 heavy (non-hydrogen) atoms. The first-order valence-electron chi connectivity index (χ1n) is 9.68. The molecule has 2 heterocycles. The molecular formula is C20H22BrN3O7. The maximum Gasteiger partial charge on any atom is 0.262 e. The lowest BCUT2D eigenvalue weighted by atomic mass is 10.0. The monoisotopic (exact) mass is 495 g/mol. The summed E-state index contributed by atoms with van der Waals surface area (Å²) in [5.41, 5.74) is 0.572. The second-order valence-corrected chi connectivity index (χ2v) is 7.78. The normalized spacial score (nSPS) is 18.6. The van der Waals surface area contributed by atoms with Gasteiger partial charge in [0.15, 0.2) is 0 Å². The predicted octanol–water partition coefficient (Wildman–Crippen LogP) is 0.797. The van der Waals surface area contributed by atoms with Crippen LogP contribution in [0.4, 0.5) is 5.69 Å². The fraction of sp³-hybridized carbons (Fsp3) is 0.450. The van der Waals surface area contributed by atoms with Crippen molar-refractivity contribution in [2.24, 2.45) is 0 Å². The number of halogens is 1. The molecule has 2 aliphatic rings. The van der Waals surface area contributed by atoms with Crippen LogP contribution in [0, 0.1) is 0 Å². The number of benzene rings is 1. The summed E-state index contributed by atoms with van der Waals surface area (Å²) in [7, 11) is 1.33. The number of likely N-dealkylation sites (tertiary alicyclic amines) is 1. The van der Waals surface area contributed by atoms with E-state index in [2.05, 4.69) is 21.2 Å². The van der Waals surface area contributed by atoms with Gasteiger partial charge in [0.2, 0.25) is 11.8 Å². The number of nitrogens with one attached hydrogen (secondary N) is 1. The molecule has 2 aliphatic heterocycles. The van der Waals surface area contributed by atoms with Gasteiger partial charge in [0.25, 0.3) is 17.7 Å². The van der Waals surface area contributed by atoms with Crippen LogP contribution in [0.25, 0.3) is 0 Å². The highest BCUT2D eigenvalue weighted by atomic mass is 79.9. The first-order valence-corrected chi connectivity index (χ1v) is 10.8. The fourth-order valence-electron chi connectivity index (χ4n) is 3.39. The van der Waals surface area contributed by atoms with E-state index >= 15 is 0 Å². The number of fused-ring (bicyclic) bond motifs is 1. The average molecular weight is 496 g/mol. The van der Waals surface area contributed by atoms with E-state index < -0.39 is 29.7 Å². The third kappa shape index (κ3) is 5.00. The molecular weight excluding hydrogens is 474 g/mol. The van der Waals surface area contributed by atoms with Crippen LogP contribution in [0.15, 0.2) is 18.2 Å². The minimum absolute atomic E-state index is 0.0722. The molecule has 5 amide bonds. The van der Waals surface area contributed by atoms with Gasteiger partial charge < -0.3 is 14.8 Å². The second-order valence-electron chi connectivity index (χ2n) is 6.99. The summed E-state index contributed by atoms with van der Waals surface area (Å²) in [4.78, 5) is 63.6. The number of ether oxygens (including phenoxy) is 2. The Hall–Kier alpha value is -2.63. The van der Waals surface area contributed by atoms with E-state index in [1.165, 1.54) is 25.2 Å². The van der Waals surface area contributed by atoms with Crippen molar-refractivity contribution in [2.45, 2.75) is 18.9 Å². The predicted molar refractivity (Wildman–Crippen MR) is 112 cm³/mol. The van der Waals surface area contributed by atoms with Gasteiger partial charge in [-0.15, -0.1) is 0 Å². The molecule has 1 fully saturated rings. The summed E-state index contributed by atoms with van der Waals surface area (Å²) in [6.07, 6.45) is 0.163. The Labute approximate surface area is 187 Å². The Morgan fingerprint density at radius 1 is 1.10 bits per heavy atom. The van der Waals surface area contributed by atoms with Crippen LogP contribution < -0.4 is 5.32 Å². The molecule has 0 aromatic heterocycles. The van der Waals surface area contributed by atoms with Crippen molar-refractivity contribution >= 4 is 51.2 Å². The third-order valence-electron chi connectivity index (χ3n) is 4.96. The number of hydrogen-bond acceptors (Lipinski definition) is 7. The molecule has 0 aliphatic carbocycles. The van der Waals surface area contributed by atoms with E-state index in [1.54, 1.807) is 0 Å². The molecule has 1 atom stereocenters. The van der Waals surface area contributed by atoms with E-state index in [-0.39, 0.29) is 43.1 Å². The van der Waals surface area contributed by atoms with Gasteiger partial charge in [-0.2, -0.15) is 0 Å². The van der Waals surface area contributed by atoms with E-state index in [0.717, 1.165) is 9.80 Å². The summed E-state index contributed by atoms with van der Waals surface area (Å²) in [5.74, 6) is -2.57. The number of hydrogen-bond donors (Lipinski definition) is 1. The first-order chi connectivity index (χ1) is 14.8. The molecule has 0 bridgehead atoms. The molecule has 3 rings (SSSR count). The van der Waals surface area contributed by atoms with E-state index in [0.29, 0.717) is 24.2 Å². The van der Waals surface area contributed by atoms with Crippen molar-refractivity contribution in [3.63, 3.8) is 0 Å². The molecule has 0 spiro atoms. The largest absolute Gasteiger partial charge is 0.378 e. The number of alkyl halides is 1. The number of piperidine rings is 1. The van der Waals surface area contributed by atoms with Crippen LogP contribution in [0.2, 0.25) is 0 Å². The lowest BCUT2D eigenvalue weighted by molar-refractivity contribution is -0.149. The summed E-state index contributed by atoms with van der Waals surface area (Å²) in [6.45, 7) is 0.988. The maximum absolute atomic E-state index is 12.9. The Morgan fingerprint density at radius 2 is 1.81 bits per heavy atom. The van der Waals surface area contributed by atoms with Crippen molar-refractivity contribution in [3.05, 3.63) is 29.3 Å². The molecule has 166 valence electrons. The van der Waals surface area contributed by atoms with Gasteiger partial charge in [-0.05, 0) is 24.6 Å². The smallest absolute Gasteiger partial charge is 0.262 e. The number of carbonyl (C=O) groups excluding carboxylic acids is 5. The maximum atomic E-state index is 12.9. The number of imide groups is 2. The summed E-state index contributed by atoms with van der Waals surface area (Å²) >= 11 is 3.23. The van der Waals surface area contributed by atoms with E-state index in [1.807, 2.05) is 0 Å². The zero-order valence-electron chi connectivity index (χ0n) is 16.9. The van der Waals surface area contributed by atoms with Gasteiger partial charge in [-0.3, -0.25) is 33.8 Å². The number of anilines is 1. The van der Waals surface area contributed by atoms with Gasteiger partial charge in [0.1, 0.15) is 12.6 Å². The number of rotatable bonds is 9. The lowest BCUT2D eigenvalue weighted by Crippen LogP contribution is -2.54. The molecule has 0 radical (unpaired) electrons. The van der Waals surface area contributed by atoms with Gasteiger partial charge >= 0.3 is 0 Å². The molecule has 1 aromatic rings. The summed E-state index contributed by atoms with van der Waals surface area (Å²) in [5, 5.41) is 3.33. The van der Waals surface area contributed by atoms with Crippen LogP contribution in [-0.2, 0) is 23.9 Å². The minimum atomic E-state index is -1.02. The quantitative estimate of drug-likeness (QED) is 0.305. The molecule has 1 saturated heterocycles. The van der Waals surface area contributed by atoms with Crippen LogP contribution in [0.5, 0.6) is 0 Å². The topological polar surface area (TPSA) is 122 Å². The highest BCUT2D eigenvalue weighted by Crippen LogP contribution is 2.30. The van der Waals surface area contributed by atoms with Gasteiger partial charge in [-0.1, -0.05) is 15.9 Å². The average Bonchev–Trinajstić information content (AvgIpc) is 2.99.